The molecule has 38 heavy (non-hydrogen) atoms. The van der Waals surface area contributed by atoms with Gasteiger partial charge in [-0.05, 0) is 44.5 Å². The summed E-state index contributed by atoms with van der Waals surface area (Å²) in [6.45, 7) is 10.3. The second-order valence-electron chi connectivity index (χ2n) is 10.0. The molecular formula is C27H36N6O4S. The Morgan fingerprint density at radius 1 is 0.974 bits per heavy atom. The van der Waals surface area contributed by atoms with Crippen LogP contribution in [0.15, 0.2) is 36.4 Å². The fraction of sp³-hybridized carbons (Fsp3) is 0.519. The molecule has 0 amide bonds. The highest BCUT2D eigenvalue weighted by atomic mass is 32.2. The first-order valence-electron chi connectivity index (χ1n) is 13.2. The average Bonchev–Trinajstić information content (AvgIpc) is 2.93. The summed E-state index contributed by atoms with van der Waals surface area (Å²) in [5.41, 5.74) is 3.22. The Kier molecular flexibility index (Phi) is 7.80. The van der Waals surface area contributed by atoms with Crippen molar-refractivity contribution in [3.8, 4) is 11.3 Å². The van der Waals surface area contributed by atoms with E-state index in [9.17, 15) is 8.42 Å². The van der Waals surface area contributed by atoms with Crippen LogP contribution < -0.4 is 9.80 Å². The van der Waals surface area contributed by atoms with Gasteiger partial charge in [-0.3, -0.25) is 0 Å². The molecule has 2 aliphatic heterocycles. The standard InChI is InChI=1S/C27H36N6O4S/c1-5-38(34,35)31(4)16-21-7-6-8-22(15-21)24-10-9-23-25(28-24)29-27(33-12-14-37-18-20(33)3)30-26(23)32-11-13-36-17-19(32)2/h6-10,15,19-20H,5,11-14,16-18H2,1-4H3/t19-,20-/m0/s1. The Morgan fingerprint density at radius 3 is 2.37 bits per heavy atom. The molecule has 3 aromatic rings. The Hall–Kier alpha value is -2.86. The van der Waals surface area contributed by atoms with Gasteiger partial charge in [-0.25, -0.2) is 17.7 Å². The van der Waals surface area contributed by atoms with E-state index in [2.05, 4.69) is 23.6 Å². The van der Waals surface area contributed by atoms with Gasteiger partial charge in [0.2, 0.25) is 16.0 Å². The molecule has 5 rings (SSSR count). The lowest BCUT2D eigenvalue weighted by Crippen LogP contribution is -2.46. The summed E-state index contributed by atoms with van der Waals surface area (Å²) >= 11 is 0. The van der Waals surface area contributed by atoms with Crippen molar-refractivity contribution in [2.24, 2.45) is 0 Å². The molecule has 4 heterocycles. The van der Waals surface area contributed by atoms with Crippen LogP contribution in [-0.2, 0) is 26.0 Å². The van der Waals surface area contributed by atoms with E-state index in [0.29, 0.717) is 44.6 Å². The highest BCUT2D eigenvalue weighted by Crippen LogP contribution is 2.31. The van der Waals surface area contributed by atoms with E-state index in [-0.39, 0.29) is 17.8 Å². The zero-order valence-corrected chi connectivity index (χ0v) is 23.3. The van der Waals surface area contributed by atoms with Crippen LogP contribution in [0.1, 0.15) is 26.3 Å². The topological polar surface area (TPSA) is 101 Å². The van der Waals surface area contributed by atoms with Crippen molar-refractivity contribution in [1.82, 2.24) is 19.3 Å². The summed E-state index contributed by atoms with van der Waals surface area (Å²) in [5.74, 6) is 1.61. The van der Waals surface area contributed by atoms with Crippen molar-refractivity contribution < 1.29 is 17.9 Å². The minimum Gasteiger partial charge on any atom is -0.377 e. The van der Waals surface area contributed by atoms with Crippen molar-refractivity contribution in [2.45, 2.75) is 39.4 Å². The summed E-state index contributed by atoms with van der Waals surface area (Å²) < 4.78 is 37.2. The van der Waals surface area contributed by atoms with Crippen molar-refractivity contribution in [2.75, 3.05) is 62.1 Å². The maximum absolute atomic E-state index is 12.3. The summed E-state index contributed by atoms with van der Waals surface area (Å²) in [5, 5.41) is 0.900. The van der Waals surface area contributed by atoms with Crippen LogP contribution in [0.2, 0.25) is 0 Å². The third-order valence-electron chi connectivity index (χ3n) is 7.26. The number of nitrogens with zero attached hydrogens (tertiary/aromatic N) is 6. The van der Waals surface area contributed by atoms with Crippen molar-refractivity contribution in [3.05, 3.63) is 42.0 Å². The van der Waals surface area contributed by atoms with Gasteiger partial charge >= 0.3 is 0 Å². The highest BCUT2D eigenvalue weighted by molar-refractivity contribution is 7.89. The number of hydrogen-bond donors (Lipinski definition) is 0. The molecule has 10 nitrogen and oxygen atoms in total. The molecule has 0 aliphatic carbocycles. The monoisotopic (exact) mass is 540 g/mol. The van der Waals surface area contributed by atoms with Crippen molar-refractivity contribution in [3.63, 3.8) is 0 Å². The minimum atomic E-state index is -3.27. The summed E-state index contributed by atoms with van der Waals surface area (Å²) in [4.78, 5) is 19.5. The molecular weight excluding hydrogens is 504 g/mol. The zero-order valence-electron chi connectivity index (χ0n) is 22.5. The molecule has 11 heteroatoms. The molecule has 2 aromatic heterocycles. The van der Waals surface area contributed by atoms with E-state index >= 15 is 0 Å². The van der Waals surface area contributed by atoms with Gasteiger partial charge in [-0.2, -0.15) is 9.97 Å². The van der Waals surface area contributed by atoms with Crippen molar-refractivity contribution in [1.29, 1.82) is 0 Å². The number of aromatic nitrogens is 3. The lowest BCUT2D eigenvalue weighted by molar-refractivity contribution is 0.0973. The molecule has 2 fully saturated rings. The van der Waals surface area contributed by atoms with E-state index in [1.165, 1.54) is 4.31 Å². The number of anilines is 2. The first-order valence-corrected chi connectivity index (χ1v) is 14.8. The lowest BCUT2D eigenvalue weighted by atomic mass is 10.1. The number of fused-ring (bicyclic) bond motifs is 1. The third-order valence-corrected chi connectivity index (χ3v) is 9.07. The van der Waals surface area contributed by atoms with Crippen LogP contribution in [-0.4, -0.2) is 92.1 Å². The fourth-order valence-corrected chi connectivity index (χ4v) is 5.75. The van der Waals surface area contributed by atoms with Gasteiger partial charge in [-0.15, -0.1) is 0 Å². The Bertz CT molecular complexity index is 1400. The lowest BCUT2D eigenvalue weighted by Gasteiger charge is -2.37. The summed E-state index contributed by atoms with van der Waals surface area (Å²) in [6.07, 6.45) is 0. The van der Waals surface area contributed by atoms with Gasteiger partial charge in [0.15, 0.2) is 5.65 Å². The van der Waals surface area contributed by atoms with Crippen LogP contribution in [0.5, 0.6) is 0 Å². The molecule has 1 aromatic carbocycles. The predicted molar refractivity (Wildman–Crippen MR) is 149 cm³/mol. The number of rotatable bonds is 7. The second kappa shape index (κ2) is 11.1. The summed E-state index contributed by atoms with van der Waals surface area (Å²) in [7, 11) is -1.66. The maximum atomic E-state index is 12.3. The Balaban J connectivity index is 1.56. The van der Waals surface area contributed by atoms with E-state index in [4.69, 9.17) is 24.4 Å². The van der Waals surface area contributed by atoms with Crippen LogP contribution >= 0.6 is 0 Å². The normalized spacial score (nSPS) is 20.9. The van der Waals surface area contributed by atoms with Crippen LogP contribution in [0.25, 0.3) is 22.3 Å². The van der Waals surface area contributed by atoms with Gasteiger partial charge < -0.3 is 19.3 Å². The highest BCUT2D eigenvalue weighted by Gasteiger charge is 2.27. The molecule has 0 bridgehead atoms. The first kappa shape index (κ1) is 26.7. The van der Waals surface area contributed by atoms with Gasteiger partial charge in [0, 0.05) is 32.2 Å². The zero-order chi connectivity index (χ0) is 26.9. The molecule has 204 valence electrons. The molecule has 0 unspecified atom stereocenters. The molecule has 0 saturated carbocycles. The SMILES string of the molecule is CCS(=O)(=O)N(C)Cc1cccc(-c2ccc3c(N4CCOC[C@@H]4C)nc(N4CCOC[C@@H]4C)nc3n2)c1. The van der Waals surface area contributed by atoms with Crippen LogP contribution in [0.3, 0.4) is 0 Å². The molecule has 0 radical (unpaired) electrons. The average molecular weight is 541 g/mol. The van der Waals surface area contributed by atoms with Gasteiger partial charge in [0.05, 0.1) is 55.3 Å². The fourth-order valence-electron chi connectivity index (χ4n) is 4.96. The molecule has 2 aliphatic rings. The van der Waals surface area contributed by atoms with Crippen LogP contribution in [0.4, 0.5) is 11.8 Å². The number of ether oxygens (including phenoxy) is 2. The van der Waals surface area contributed by atoms with E-state index < -0.39 is 10.0 Å². The third kappa shape index (κ3) is 5.47. The van der Waals surface area contributed by atoms with Crippen LogP contribution in [0, 0.1) is 0 Å². The number of benzene rings is 1. The quantitative estimate of drug-likeness (QED) is 0.448. The smallest absolute Gasteiger partial charge is 0.229 e. The Morgan fingerprint density at radius 2 is 1.68 bits per heavy atom. The molecule has 2 saturated heterocycles. The van der Waals surface area contributed by atoms with Gasteiger partial charge in [0.25, 0.3) is 0 Å². The molecule has 2 atom stereocenters. The maximum Gasteiger partial charge on any atom is 0.229 e. The first-order chi connectivity index (χ1) is 18.3. The van der Waals surface area contributed by atoms with Gasteiger partial charge in [-0.1, -0.05) is 18.2 Å². The minimum absolute atomic E-state index is 0.0727. The van der Waals surface area contributed by atoms with E-state index in [0.717, 1.165) is 41.1 Å². The second-order valence-corrected chi connectivity index (χ2v) is 12.4. The largest absolute Gasteiger partial charge is 0.377 e. The number of hydrogen-bond acceptors (Lipinski definition) is 9. The predicted octanol–water partition coefficient (Wildman–Crippen LogP) is 2.92. The Labute approximate surface area is 224 Å². The molecule has 0 N–H and O–H groups in total. The van der Waals surface area contributed by atoms with E-state index in [1.807, 2.05) is 36.4 Å². The molecule has 0 spiro atoms. The number of pyridine rings is 1. The number of morpholine rings is 2. The van der Waals surface area contributed by atoms with Crippen molar-refractivity contribution >= 4 is 32.8 Å². The van der Waals surface area contributed by atoms with Gasteiger partial charge in [0.1, 0.15) is 5.82 Å². The summed E-state index contributed by atoms with van der Waals surface area (Å²) in [6, 6.07) is 12.2. The van der Waals surface area contributed by atoms with E-state index in [1.54, 1.807) is 14.0 Å². The number of sulfonamides is 1.